The molecule has 0 aromatic carbocycles. The Balaban J connectivity index is 4.14. The molecule has 0 aromatic rings. The summed E-state index contributed by atoms with van der Waals surface area (Å²) >= 11 is 0. The molecule has 0 saturated heterocycles. The highest BCUT2D eigenvalue weighted by atomic mass is 35.7. The maximum atomic E-state index is 11.4. The summed E-state index contributed by atoms with van der Waals surface area (Å²) in [4.78, 5) is 0. The van der Waals surface area contributed by atoms with E-state index in [9.17, 15) is 22.0 Å². The van der Waals surface area contributed by atoms with Gasteiger partial charge in [0.05, 0.1) is 0 Å². The van der Waals surface area contributed by atoms with Gasteiger partial charge >= 0.3 is 11.4 Å². The number of halogens is 6. The van der Waals surface area contributed by atoms with E-state index < -0.39 is 22.4 Å². The second kappa shape index (κ2) is 2.49. The van der Waals surface area contributed by atoms with E-state index in [1.54, 1.807) is 0 Å². The maximum Gasteiger partial charge on any atom is 0.465 e. The van der Waals surface area contributed by atoms with Crippen LogP contribution in [-0.4, -0.2) is 11.4 Å². The zero-order valence-electron chi connectivity index (χ0n) is 3.68. The summed E-state index contributed by atoms with van der Waals surface area (Å²) in [5.74, 6) is 0. The molecule has 0 amide bonds. The minimum atomic E-state index is -5.56. The number of alkyl halides is 5. The Morgan fingerprint density at radius 3 is 1.33 bits per heavy atom. The fourth-order valence-corrected chi connectivity index (χ4v) is 0.394. The second-order valence-electron chi connectivity index (χ2n) is 1.09. The fourth-order valence-electron chi connectivity index (χ4n) is 0.0437. The lowest BCUT2D eigenvalue weighted by atomic mass is 10.7. The van der Waals surface area contributed by atoms with Crippen LogP contribution in [0.5, 0.6) is 0 Å². The fraction of sp³-hybridized carbons (Fsp3) is 1.00. The Hall–Kier alpha value is 0.290. The smallest absolute Gasteiger partial charge is 0.182 e. The van der Waals surface area contributed by atoms with E-state index in [1.807, 2.05) is 0 Å². The van der Waals surface area contributed by atoms with Gasteiger partial charge in [-0.3, -0.25) is 0 Å². The summed E-state index contributed by atoms with van der Waals surface area (Å²) in [6, 6.07) is 0. The molecule has 0 saturated carbocycles. The predicted molar refractivity (Wildman–Crippen MR) is 24.4 cm³/mol. The summed E-state index contributed by atoms with van der Waals surface area (Å²) in [6.45, 7) is 0. The van der Waals surface area contributed by atoms with Crippen molar-refractivity contribution in [1.82, 2.24) is 0 Å². The molecule has 0 nitrogen and oxygen atoms in total. The molecule has 9 heavy (non-hydrogen) atoms. The SMILES string of the molecule is FC(F)(F)C(F)(F)SCl. The second-order valence-corrected chi connectivity index (χ2v) is 2.22. The Bertz CT molecular complexity index is 97.6. The van der Waals surface area contributed by atoms with Crippen molar-refractivity contribution in [2.45, 2.75) is 11.4 Å². The summed E-state index contributed by atoms with van der Waals surface area (Å²) in [6.07, 6.45) is -5.56. The van der Waals surface area contributed by atoms with Crippen LogP contribution in [0, 0.1) is 0 Å². The normalized spacial score (nSPS) is 14.0. The van der Waals surface area contributed by atoms with Crippen LogP contribution in [0.2, 0.25) is 0 Å². The van der Waals surface area contributed by atoms with E-state index in [0.717, 1.165) is 0 Å². The van der Waals surface area contributed by atoms with Crippen LogP contribution in [0.15, 0.2) is 0 Å². The van der Waals surface area contributed by atoms with E-state index in [2.05, 4.69) is 10.7 Å². The molecule has 0 fully saturated rings. The van der Waals surface area contributed by atoms with Crippen molar-refractivity contribution in [3.05, 3.63) is 0 Å². The first-order valence-electron chi connectivity index (χ1n) is 1.55. The van der Waals surface area contributed by atoms with Gasteiger partial charge in [0, 0.05) is 11.0 Å². The molecule has 0 aliphatic rings. The molecule has 0 aliphatic carbocycles. The topological polar surface area (TPSA) is 0 Å². The minimum absolute atomic E-state index is 1.05. The lowest BCUT2D eigenvalue weighted by Crippen LogP contribution is -2.31. The summed E-state index contributed by atoms with van der Waals surface area (Å²) in [7, 11) is 3.17. The van der Waals surface area contributed by atoms with Crippen molar-refractivity contribution in [3.8, 4) is 0 Å². The molecule has 0 atom stereocenters. The Morgan fingerprint density at radius 1 is 1.00 bits per heavy atom. The lowest BCUT2D eigenvalue weighted by molar-refractivity contribution is -0.237. The molecule has 0 heterocycles. The van der Waals surface area contributed by atoms with Crippen molar-refractivity contribution in [2.75, 3.05) is 0 Å². The van der Waals surface area contributed by atoms with Gasteiger partial charge in [-0.05, 0) is 10.7 Å². The number of rotatable bonds is 1. The molecule has 0 N–H and O–H groups in total. The zero-order valence-corrected chi connectivity index (χ0v) is 5.25. The molecular weight excluding hydrogens is 187 g/mol. The molecule has 0 rings (SSSR count). The van der Waals surface area contributed by atoms with Crippen LogP contribution in [0.1, 0.15) is 0 Å². The van der Waals surface area contributed by atoms with Gasteiger partial charge in [0.1, 0.15) is 0 Å². The molecular formula is C2ClF5S. The Morgan fingerprint density at radius 2 is 1.33 bits per heavy atom. The largest absolute Gasteiger partial charge is 0.465 e. The van der Waals surface area contributed by atoms with Crippen molar-refractivity contribution in [3.63, 3.8) is 0 Å². The van der Waals surface area contributed by atoms with Crippen LogP contribution in [0.3, 0.4) is 0 Å². The van der Waals surface area contributed by atoms with Crippen LogP contribution >= 0.6 is 21.7 Å². The number of hydrogen-bond acceptors (Lipinski definition) is 1. The maximum absolute atomic E-state index is 11.4. The Kier molecular flexibility index (Phi) is 2.57. The van der Waals surface area contributed by atoms with Crippen molar-refractivity contribution in [2.24, 2.45) is 0 Å². The highest BCUT2D eigenvalue weighted by molar-refractivity contribution is 8.21. The molecule has 0 aliphatic heterocycles. The van der Waals surface area contributed by atoms with Crippen LogP contribution < -0.4 is 0 Å². The summed E-state index contributed by atoms with van der Waals surface area (Å²) in [5, 5.41) is -4.84. The van der Waals surface area contributed by atoms with Crippen LogP contribution in [-0.2, 0) is 0 Å². The molecule has 0 unspecified atom stereocenters. The van der Waals surface area contributed by atoms with E-state index in [4.69, 9.17) is 0 Å². The third-order valence-corrected chi connectivity index (χ3v) is 1.43. The van der Waals surface area contributed by atoms with Crippen molar-refractivity contribution >= 4 is 21.7 Å². The van der Waals surface area contributed by atoms with Gasteiger partial charge in [0.25, 0.3) is 0 Å². The van der Waals surface area contributed by atoms with Gasteiger partial charge in [-0.1, -0.05) is 0 Å². The molecule has 0 spiro atoms. The highest BCUT2D eigenvalue weighted by Gasteiger charge is 2.58. The third-order valence-electron chi connectivity index (χ3n) is 0.427. The summed E-state index contributed by atoms with van der Waals surface area (Å²) in [5.41, 5.74) is 0. The predicted octanol–water partition coefficient (Wildman–Crippen LogP) is 3.03. The van der Waals surface area contributed by atoms with Gasteiger partial charge in [0.15, 0.2) is 0 Å². The quantitative estimate of drug-likeness (QED) is 0.567. The van der Waals surface area contributed by atoms with Gasteiger partial charge in [-0.25, -0.2) is 0 Å². The van der Waals surface area contributed by atoms with Crippen LogP contribution in [0.4, 0.5) is 22.0 Å². The zero-order chi connectivity index (χ0) is 7.71. The van der Waals surface area contributed by atoms with E-state index in [1.165, 1.54) is 0 Å². The third kappa shape index (κ3) is 2.17. The average Bonchev–Trinajstić information content (AvgIpc) is 1.64. The highest BCUT2D eigenvalue weighted by Crippen LogP contribution is 2.45. The first-order valence-corrected chi connectivity index (χ1v) is 3.20. The molecule has 0 radical (unpaired) electrons. The number of hydrogen-bond donors (Lipinski definition) is 0. The lowest BCUT2D eigenvalue weighted by Gasteiger charge is -2.14. The Labute approximate surface area is 55.9 Å². The first-order chi connectivity index (χ1) is 3.81. The molecule has 7 heteroatoms. The van der Waals surface area contributed by atoms with Crippen molar-refractivity contribution in [1.29, 1.82) is 0 Å². The van der Waals surface area contributed by atoms with E-state index in [-0.39, 0.29) is 0 Å². The summed E-state index contributed by atoms with van der Waals surface area (Å²) < 4.78 is 55.7. The van der Waals surface area contributed by atoms with Gasteiger partial charge in [-0.15, -0.1) is 0 Å². The van der Waals surface area contributed by atoms with E-state index >= 15 is 0 Å². The average molecular weight is 187 g/mol. The van der Waals surface area contributed by atoms with Gasteiger partial charge in [0.2, 0.25) is 0 Å². The van der Waals surface area contributed by atoms with Gasteiger partial charge in [-0.2, -0.15) is 22.0 Å². The monoisotopic (exact) mass is 186 g/mol. The minimum Gasteiger partial charge on any atom is -0.182 e. The van der Waals surface area contributed by atoms with Crippen LogP contribution in [0.25, 0.3) is 0 Å². The molecule has 0 bridgehead atoms. The molecule has 56 valence electrons. The van der Waals surface area contributed by atoms with E-state index in [0.29, 0.717) is 0 Å². The van der Waals surface area contributed by atoms with Gasteiger partial charge < -0.3 is 0 Å². The first kappa shape index (κ1) is 9.29. The van der Waals surface area contributed by atoms with Crippen molar-refractivity contribution < 1.29 is 22.0 Å². The standard InChI is InChI=1S/C2ClF5S/c3-9-2(7,8)1(4,5)6. The molecule has 0 aromatic heterocycles.